The van der Waals surface area contributed by atoms with E-state index in [1.807, 2.05) is 54.6 Å². The van der Waals surface area contributed by atoms with Crippen LogP contribution in [0.25, 0.3) is 76.5 Å². The van der Waals surface area contributed by atoms with E-state index in [-0.39, 0.29) is 45.2 Å². The van der Waals surface area contributed by atoms with Gasteiger partial charge in [-0.2, -0.15) is 0 Å². The quantitative estimate of drug-likeness (QED) is 0.225. The van der Waals surface area contributed by atoms with Crippen molar-refractivity contribution in [1.82, 2.24) is 0 Å². The zero-order valence-corrected chi connectivity index (χ0v) is 19.4. The molecule has 0 bridgehead atoms. The lowest BCUT2D eigenvalue weighted by Crippen LogP contribution is -1.85. The summed E-state index contributed by atoms with van der Waals surface area (Å²) in [6.45, 7) is 0. The minimum Gasteiger partial charge on any atom is -0.455 e. The van der Waals surface area contributed by atoms with Crippen LogP contribution in [0.15, 0.2) is 138 Å². The van der Waals surface area contributed by atoms with Crippen LogP contribution in [0.5, 0.6) is 0 Å². The number of hydrogen-bond acceptors (Lipinski definition) is 1. The summed E-state index contributed by atoms with van der Waals surface area (Å²) in [6, 6.07) is 21.4. The van der Waals surface area contributed by atoms with Gasteiger partial charge in [-0.05, 0) is 73.4 Å². The van der Waals surface area contributed by atoms with Crippen molar-refractivity contribution in [2.24, 2.45) is 0 Å². The first-order valence-corrected chi connectivity index (χ1v) is 12.0. The van der Waals surface area contributed by atoms with Crippen molar-refractivity contribution in [3.8, 4) is 22.3 Å². The Bertz CT molecular complexity index is 2540. The summed E-state index contributed by atoms with van der Waals surface area (Å²) in [6.07, 6.45) is 0. The molecule has 1 nitrogen and oxygen atoms in total. The average Bonchev–Trinajstić information content (AvgIpc) is 3.45. The molecule has 1 heterocycles. The summed E-state index contributed by atoms with van der Waals surface area (Å²) >= 11 is 0. The highest BCUT2D eigenvalue weighted by molar-refractivity contribution is 6.20. The van der Waals surface area contributed by atoms with E-state index >= 15 is 0 Å². The molecular weight excluding hydrogens is 448 g/mol. The molecule has 0 saturated heterocycles. The molecule has 0 radical (unpaired) electrons. The molecule has 0 aliphatic heterocycles. The third kappa shape index (κ3) is 3.04. The van der Waals surface area contributed by atoms with E-state index in [0.717, 1.165) is 32.7 Å². The Hall–Kier alpha value is -4.88. The topological polar surface area (TPSA) is 13.1 Å². The Morgan fingerprint density at radius 3 is 1.95 bits per heavy atom. The van der Waals surface area contributed by atoms with Gasteiger partial charge in [-0.1, -0.05) is 109 Å². The normalized spacial score (nSPS) is 15.2. The van der Waals surface area contributed by atoms with Crippen LogP contribution in [0.3, 0.4) is 0 Å². The van der Waals surface area contributed by atoms with Crippen molar-refractivity contribution >= 4 is 54.3 Å². The largest absolute Gasteiger partial charge is 0.455 e. The molecule has 0 spiro atoms. The Balaban J connectivity index is 1.57. The molecule has 172 valence electrons. The number of rotatable bonds is 2. The first-order valence-electron chi connectivity index (χ1n) is 16.5. The summed E-state index contributed by atoms with van der Waals surface area (Å²) in [5.74, 6) is 0. The van der Waals surface area contributed by atoms with Crippen molar-refractivity contribution in [3.63, 3.8) is 0 Å². The maximum atomic E-state index is 8.99. The van der Waals surface area contributed by atoms with Crippen LogP contribution in [0.4, 0.5) is 0 Å². The third-order valence-corrected chi connectivity index (χ3v) is 6.98. The summed E-state index contributed by atoms with van der Waals surface area (Å²) in [4.78, 5) is 0. The van der Waals surface area contributed by atoms with Crippen LogP contribution < -0.4 is 0 Å². The fourth-order valence-corrected chi connectivity index (χ4v) is 5.34. The Labute approximate surface area is 226 Å². The zero-order chi connectivity index (χ0) is 32.2. The van der Waals surface area contributed by atoms with E-state index in [1.54, 1.807) is 12.1 Å². The molecule has 0 amide bonds. The van der Waals surface area contributed by atoms with Crippen molar-refractivity contribution in [2.45, 2.75) is 0 Å². The lowest BCUT2D eigenvalue weighted by atomic mass is 9.91. The second kappa shape index (κ2) is 7.81. The van der Waals surface area contributed by atoms with Crippen LogP contribution in [0, 0.1) is 0 Å². The van der Waals surface area contributed by atoms with E-state index in [1.165, 1.54) is 0 Å². The standard InChI is InChI=1S/C36H22O/c1-2-10-23(11-3-1)31-22-33-32-21-26(18-19-34(32)37-36(33)30-17-9-8-16-29(30)31)35-27-14-6-4-12-24(27)20-25-13-5-7-15-28(25)35/h1-22H/i4D,5D,6D,7D,12D,13D,14D,15D,20D. The highest BCUT2D eigenvalue weighted by atomic mass is 16.3. The van der Waals surface area contributed by atoms with Gasteiger partial charge < -0.3 is 4.42 Å². The lowest BCUT2D eigenvalue weighted by molar-refractivity contribution is 0.673. The minimum atomic E-state index is -0.520. The first-order chi connectivity index (χ1) is 22.1. The Morgan fingerprint density at radius 1 is 0.514 bits per heavy atom. The summed E-state index contributed by atoms with van der Waals surface area (Å²) in [5.41, 5.74) is 3.98. The van der Waals surface area contributed by atoms with Gasteiger partial charge >= 0.3 is 0 Å². The molecule has 1 heteroatoms. The highest BCUT2D eigenvalue weighted by Crippen LogP contribution is 2.42. The number of hydrogen-bond donors (Lipinski definition) is 0. The fraction of sp³-hybridized carbons (Fsp3) is 0. The van der Waals surface area contributed by atoms with Gasteiger partial charge in [0.1, 0.15) is 11.2 Å². The van der Waals surface area contributed by atoms with Gasteiger partial charge in [-0.3, -0.25) is 0 Å². The molecule has 0 N–H and O–H groups in total. The van der Waals surface area contributed by atoms with Gasteiger partial charge in [0, 0.05) is 16.2 Å². The van der Waals surface area contributed by atoms with Crippen molar-refractivity contribution in [1.29, 1.82) is 0 Å². The van der Waals surface area contributed by atoms with Crippen LogP contribution in [-0.4, -0.2) is 0 Å². The van der Waals surface area contributed by atoms with Crippen molar-refractivity contribution in [3.05, 3.63) is 133 Å². The number of furan rings is 1. The molecular formula is C36H22O. The van der Waals surface area contributed by atoms with E-state index < -0.39 is 36.3 Å². The van der Waals surface area contributed by atoms with Gasteiger partial charge in [0.05, 0.1) is 12.3 Å². The van der Waals surface area contributed by atoms with E-state index in [4.69, 9.17) is 16.8 Å². The summed E-state index contributed by atoms with van der Waals surface area (Å²) in [7, 11) is 0. The molecule has 8 rings (SSSR count). The molecule has 0 unspecified atom stereocenters. The van der Waals surface area contributed by atoms with E-state index in [2.05, 4.69) is 12.1 Å². The molecule has 7 aromatic carbocycles. The molecule has 1 aromatic heterocycles. The number of fused-ring (bicyclic) bond motifs is 7. The number of benzene rings is 7. The Kier molecular flexibility index (Phi) is 2.84. The molecule has 0 aliphatic rings. The van der Waals surface area contributed by atoms with Gasteiger partial charge in [-0.25, -0.2) is 0 Å². The van der Waals surface area contributed by atoms with Crippen LogP contribution in [0.1, 0.15) is 12.3 Å². The molecule has 0 aliphatic carbocycles. The van der Waals surface area contributed by atoms with E-state index in [9.17, 15) is 0 Å². The maximum Gasteiger partial charge on any atom is 0.143 e. The monoisotopic (exact) mass is 479 g/mol. The summed E-state index contributed by atoms with van der Waals surface area (Å²) < 4.78 is 84.1. The van der Waals surface area contributed by atoms with E-state index in [0.29, 0.717) is 16.7 Å². The fourth-order valence-electron chi connectivity index (χ4n) is 5.34. The van der Waals surface area contributed by atoms with Gasteiger partial charge in [0.15, 0.2) is 0 Å². The predicted molar refractivity (Wildman–Crippen MR) is 157 cm³/mol. The molecule has 0 fully saturated rings. The SMILES string of the molecule is [2H]c1c([2H])c([2H])c2c(-c3ccc4oc5c6ccccc6c(-c6ccccc6)cc5c4c3)c3c([2H])c([2H])c([2H])c([2H])c3c([2H])c2c1[2H]. The first kappa shape index (κ1) is 13.4. The van der Waals surface area contributed by atoms with Gasteiger partial charge in [-0.15, -0.1) is 0 Å². The van der Waals surface area contributed by atoms with Gasteiger partial charge in [0.2, 0.25) is 0 Å². The van der Waals surface area contributed by atoms with Crippen LogP contribution >= 0.6 is 0 Å². The smallest absolute Gasteiger partial charge is 0.143 e. The molecule has 0 atom stereocenters. The zero-order valence-electron chi connectivity index (χ0n) is 28.4. The van der Waals surface area contributed by atoms with Crippen LogP contribution in [0.2, 0.25) is 0 Å². The van der Waals surface area contributed by atoms with Gasteiger partial charge in [0.25, 0.3) is 0 Å². The van der Waals surface area contributed by atoms with Crippen LogP contribution in [-0.2, 0) is 0 Å². The second-order valence-electron chi connectivity index (χ2n) is 9.03. The average molecular weight is 480 g/mol. The predicted octanol–water partition coefficient (Wildman–Crippen LogP) is 10.4. The summed E-state index contributed by atoms with van der Waals surface area (Å²) in [5, 5.41) is 3.34. The lowest BCUT2D eigenvalue weighted by Gasteiger charge is -2.12. The molecule has 37 heavy (non-hydrogen) atoms. The third-order valence-electron chi connectivity index (χ3n) is 6.98. The second-order valence-corrected chi connectivity index (χ2v) is 9.03. The Morgan fingerprint density at radius 2 is 1.19 bits per heavy atom. The van der Waals surface area contributed by atoms with Crippen molar-refractivity contribution in [2.75, 3.05) is 0 Å². The minimum absolute atomic E-state index is 0.0242. The highest BCUT2D eigenvalue weighted by Gasteiger charge is 2.17. The van der Waals surface area contributed by atoms with Crippen molar-refractivity contribution < 1.29 is 16.8 Å². The maximum absolute atomic E-state index is 8.99. The molecule has 0 saturated carbocycles. The molecule has 8 aromatic rings.